The minimum Gasteiger partial charge on any atom is -0.444 e. The quantitative estimate of drug-likeness (QED) is 0.653. The lowest BCUT2D eigenvalue weighted by Crippen LogP contribution is -2.51. The molecule has 3 amide bonds. The number of ether oxygens (including phenoxy) is 1. The van der Waals surface area contributed by atoms with Crippen LogP contribution in [0.15, 0.2) is 48.5 Å². The van der Waals surface area contributed by atoms with Crippen molar-refractivity contribution >= 4 is 23.7 Å². The minimum absolute atomic E-state index is 0.0527. The van der Waals surface area contributed by atoms with Crippen molar-refractivity contribution in [3.8, 4) is 0 Å². The average molecular weight is 473 g/mol. The molecule has 0 atom stereocenters. The van der Waals surface area contributed by atoms with Gasteiger partial charge in [-0.1, -0.05) is 54.1 Å². The Morgan fingerprint density at radius 3 is 2.06 bits per heavy atom. The van der Waals surface area contributed by atoms with Gasteiger partial charge in [0.1, 0.15) is 5.60 Å². The summed E-state index contributed by atoms with van der Waals surface area (Å²) in [6, 6.07) is 15.6. The molecule has 1 aliphatic rings. The first-order valence-electron chi connectivity index (χ1n) is 11.2. The molecule has 3 rings (SSSR count). The topological polar surface area (TPSA) is 73.9 Å². The number of piperazine rings is 1. The fourth-order valence-corrected chi connectivity index (χ4v) is 3.72. The number of carbonyl (C=O) groups excluding carboxylic acids is 2. The molecule has 7 nitrogen and oxygen atoms in total. The van der Waals surface area contributed by atoms with Gasteiger partial charge in [0, 0.05) is 50.8 Å². The molecule has 2 aromatic carbocycles. The molecule has 2 aromatic rings. The van der Waals surface area contributed by atoms with Gasteiger partial charge in [0.25, 0.3) is 0 Å². The van der Waals surface area contributed by atoms with E-state index in [1.807, 2.05) is 74.2 Å². The number of hydrogen-bond acceptors (Lipinski definition) is 4. The van der Waals surface area contributed by atoms with E-state index in [4.69, 9.17) is 16.3 Å². The summed E-state index contributed by atoms with van der Waals surface area (Å²) >= 11 is 6.26. The molecule has 0 saturated carbocycles. The van der Waals surface area contributed by atoms with Crippen molar-refractivity contribution < 1.29 is 14.3 Å². The van der Waals surface area contributed by atoms with Gasteiger partial charge < -0.3 is 20.3 Å². The van der Waals surface area contributed by atoms with Crippen LogP contribution in [0.4, 0.5) is 9.59 Å². The number of nitrogens with one attached hydrogen (secondary N) is 2. The van der Waals surface area contributed by atoms with Crippen LogP contribution in [0.5, 0.6) is 0 Å². The summed E-state index contributed by atoms with van der Waals surface area (Å²) in [5.74, 6) is 0. The average Bonchev–Trinajstić information content (AvgIpc) is 2.78. The van der Waals surface area contributed by atoms with Crippen LogP contribution in [0.25, 0.3) is 0 Å². The van der Waals surface area contributed by atoms with Crippen LogP contribution in [0.3, 0.4) is 0 Å². The SMILES string of the molecule is CC(C)(C)OC(=O)NCc1ccc(CNC(=O)N2CCN(Cc3ccccc3Cl)CC2)cc1. The van der Waals surface area contributed by atoms with Crippen LogP contribution >= 0.6 is 11.6 Å². The minimum atomic E-state index is -0.519. The smallest absolute Gasteiger partial charge is 0.407 e. The number of benzene rings is 2. The Kier molecular flexibility index (Phi) is 8.58. The van der Waals surface area contributed by atoms with E-state index in [0.29, 0.717) is 26.2 Å². The second-order valence-electron chi connectivity index (χ2n) is 9.19. The molecule has 0 bridgehead atoms. The highest BCUT2D eigenvalue weighted by Gasteiger charge is 2.21. The van der Waals surface area contributed by atoms with Crippen LogP contribution in [0.1, 0.15) is 37.5 Å². The Hall–Kier alpha value is -2.77. The van der Waals surface area contributed by atoms with Gasteiger partial charge in [0.15, 0.2) is 0 Å². The molecule has 1 saturated heterocycles. The number of alkyl carbamates (subject to hydrolysis) is 1. The summed E-state index contributed by atoms with van der Waals surface area (Å²) in [7, 11) is 0. The van der Waals surface area contributed by atoms with Crippen molar-refractivity contribution in [2.45, 2.75) is 46.0 Å². The van der Waals surface area contributed by atoms with E-state index in [2.05, 4.69) is 15.5 Å². The lowest BCUT2D eigenvalue weighted by atomic mass is 10.1. The molecule has 2 N–H and O–H groups in total. The lowest BCUT2D eigenvalue weighted by Gasteiger charge is -2.34. The van der Waals surface area contributed by atoms with Crippen LogP contribution in [0.2, 0.25) is 5.02 Å². The van der Waals surface area contributed by atoms with Gasteiger partial charge in [-0.05, 0) is 43.5 Å². The normalized spacial score (nSPS) is 14.6. The maximum atomic E-state index is 12.6. The zero-order valence-electron chi connectivity index (χ0n) is 19.6. The molecule has 0 spiro atoms. The number of hydrogen-bond donors (Lipinski definition) is 2. The Morgan fingerprint density at radius 2 is 1.48 bits per heavy atom. The van der Waals surface area contributed by atoms with E-state index >= 15 is 0 Å². The highest BCUT2D eigenvalue weighted by Crippen LogP contribution is 2.18. The third-order valence-corrected chi connectivity index (χ3v) is 5.68. The zero-order valence-corrected chi connectivity index (χ0v) is 20.3. The highest BCUT2D eigenvalue weighted by molar-refractivity contribution is 6.31. The first-order chi connectivity index (χ1) is 15.7. The predicted molar refractivity (Wildman–Crippen MR) is 130 cm³/mol. The van der Waals surface area contributed by atoms with Gasteiger partial charge in [0.2, 0.25) is 0 Å². The number of amides is 3. The van der Waals surface area contributed by atoms with Gasteiger partial charge in [-0.2, -0.15) is 0 Å². The molecule has 33 heavy (non-hydrogen) atoms. The Labute approximate surface area is 201 Å². The van der Waals surface area contributed by atoms with Crippen molar-refractivity contribution in [1.29, 1.82) is 0 Å². The molecule has 0 aromatic heterocycles. The van der Waals surface area contributed by atoms with Crippen molar-refractivity contribution in [1.82, 2.24) is 20.4 Å². The molecule has 8 heteroatoms. The first-order valence-corrected chi connectivity index (χ1v) is 11.6. The molecule has 178 valence electrons. The van der Waals surface area contributed by atoms with Gasteiger partial charge in [-0.3, -0.25) is 4.90 Å². The lowest BCUT2D eigenvalue weighted by molar-refractivity contribution is 0.0523. The molecular formula is C25H33ClN4O3. The van der Waals surface area contributed by atoms with Crippen molar-refractivity contribution in [2.75, 3.05) is 26.2 Å². The van der Waals surface area contributed by atoms with E-state index in [1.54, 1.807) is 0 Å². The monoisotopic (exact) mass is 472 g/mol. The molecule has 0 aliphatic carbocycles. The third-order valence-electron chi connectivity index (χ3n) is 5.31. The second-order valence-corrected chi connectivity index (χ2v) is 9.59. The van der Waals surface area contributed by atoms with E-state index in [1.165, 1.54) is 0 Å². The Morgan fingerprint density at radius 1 is 0.909 bits per heavy atom. The third kappa shape index (κ3) is 8.26. The second kappa shape index (κ2) is 11.4. The Bertz CT molecular complexity index is 935. The van der Waals surface area contributed by atoms with E-state index < -0.39 is 11.7 Å². The molecule has 1 fully saturated rings. The van der Waals surface area contributed by atoms with Gasteiger partial charge >= 0.3 is 12.1 Å². The van der Waals surface area contributed by atoms with Gasteiger partial charge in [-0.15, -0.1) is 0 Å². The van der Waals surface area contributed by atoms with Gasteiger partial charge in [-0.25, -0.2) is 9.59 Å². The fraction of sp³-hybridized carbons (Fsp3) is 0.440. The number of urea groups is 1. The zero-order chi connectivity index (χ0) is 23.8. The van der Waals surface area contributed by atoms with E-state index in [-0.39, 0.29) is 6.03 Å². The number of nitrogens with zero attached hydrogens (tertiary/aromatic N) is 2. The number of carbonyl (C=O) groups is 2. The van der Waals surface area contributed by atoms with Crippen molar-refractivity contribution in [3.63, 3.8) is 0 Å². The maximum absolute atomic E-state index is 12.6. The molecule has 0 unspecified atom stereocenters. The van der Waals surface area contributed by atoms with E-state index in [9.17, 15) is 9.59 Å². The molecule has 0 radical (unpaired) electrons. The first kappa shape index (κ1) is 24.9. The Balaban J connectivity index is 1.37. The summed E-state index contributed by atoms with van der Waals surface area (Å²) in [5, 5.41) is 6.52. The summed E-state index contributed by atoms with van der Waals surface area (Å²) in [6.45, 7) is 10.1. The summed E-state index contributed by atoms with van der Waals surface area (Å²) in [4.78, 5) is 28.5. The van der Waals surface area contributed by atoms with Crippen LogP contribution in [-0.2, 0) is 24.4 Å². The van der Waals surface area contributed by atoms with Crippen LogP contribution in [0, 0.1) is 0 Å². The van der Waals surface area contributed by atoms with E-state index in [0.717, 1.165) is 41.3 Å². The van der Waals surface area contributed by atoms with Gasteiger partial charge in [0.05, 0.1) is 0 Å². The summed E-state index contributed by atoms with van der Waals surface area (Å²) < 4.78 is 5.24. The molecule has 1 heterocycles. The fourth-order valence-electron chi connectivity index (χ4n) is 3.53. The standard InChI is InChI=1S/C25H33ClN4O3/c1-25(2,3)33-24(32)28-17-20-10-8-19(9-11-20)16-27-23(31)30-14-12-29(13-15-30)18-21-6-4-5-7-22(21)26/h4-11H,12-18H2,1-3H3,(H,27,31)(H,28,32). The predicted octanol–water partition coefficient (Wildman–Crippen LogP) is 4.39. The largest absolute Gasteiger partial charge is 0.444 e. The van der Waals surface area contributed by atoms with Crippen LogP contribution < -0.4 is 10.6 Å². The maximum Gasteiger partial charge on any atom is 0.407 e. The number of rotatable bonds is 6. The summed E-state index contributed by atoms with van der Waals surface area (Å²) in [5.41, 5.74) is 2.56. The summed E-state index contributed by atoms with van der Waals surface area (Å²) in [6.07, 6.45) is -0.439. The highest BCUT2D eigenvalue weighted by atomic mass is 35.5. The van der Waals surface area contributed by atoms with Crippen molar-refractivity contribution in [3.05, 3.63) is 70.2 Å². The molecular weight excluding hydrogens is 440 g/mol. The van der Waals surface area contributed by atoms with Crippen LogP contribution in [-0.4, -0.2) is 53.7 Å². The number of halogens is 1. The van der Waals surface area contributed by atoms with Crippen molar-refractivity contribution in [2.24, 2.45) is 0 Å². The molecule has 1 aliphatic heterocycles.